The van der Waals surface area contributed by atoms with Crippen LogP contribution in [0.5, 0.6) is 11.5 Å². The summed E-state index contributed by atoms with van der Waals surface area (Å²) in [6.07, 6.45) is 0. The lowest BCUT2D eigenvalue weighted by Gasteiger charge is -2.21. The Morgan fingerprint density at radius 3 is 2.22 bits per heavy atom. The summed E-state index contributed by atoms with van der Waals surface area (Å²) in [5.41, 5.74) is 3.14. The standard InChI is InChI=1S/C20H27NO5S/c1-14-12-17(16-8-7-9-18(25-5)20(16)26-6)19(13-15(14)2)27(22,23)21(3)10-11-24-4/h7-9,12-13H,10-11H2,1-6H3. The molecule has 0 spiro atoms. The number of rotatable bonds is 8. The van der Waals surface area contributed by atoms with Crippen molar-refractivity contribution in [1.82, 2.24) is 4.31 Å². The molecule has 0 aliphatic rings. The smallest absolute Gasteiger partial charge is 0.243 e. The molecule has 0 atom stereocenters. The highest BCUT2D eigenvalue weighted by Gasteiger charge is 2.27. The lowest BCUT2D eigenvalue weighted by molar-refractivity contribution is 0.185. The van der Waals surface area contributed by atoms with E-state index in [1.807, 2.05) is 32.0 Å². The van der Waals surface area contributed by atoms with Crippen LogP contribution >= 0.6 is 0 Å². The van der Waals surface area contributed by atoms with Crippen molar-refractivity contribution in [2.45, 2.75) is 18.7 Å². The van der Waals surface area contributed by atoms with Gasteiger partial charge in [-0.1, -0.05) is 12.1 Å². The number of aryl methyl sites for hydroxylation is 2. The van der Waals surface area contributed by atoms with E-state index < -0.39 is 10.0 Å². The maximum atomic E-state index is 13.2. The zero-order valence-electron chi connectivity index (χ0n) is 16.7. The van der Waals surface area contributed by atoms with Crippen LogP contribution in [0.4, 0.5) is 0 Å². The number of hydrogen-bond acceptors (Lipinski definition) is 5. The summed E-state index contributed by atoms with van der Waals surface area (Å²) in [7, 11) is 2.48. The van der Waals surface area contributed by atoms with Gasteiger partial charge in [0, 0.05) is 31.8 Å². The fourth-order valence-corrected chi connectivity index (χ4v) is 4.24. The second-order valence-corrected chi connectivity index (χ2v) is 8.31. The van der Waals surface area contributed by atoms with Gasteiger partial charge in [-0.05, 0) is 43.2 Å². The average molecular weight is 394 g/mol. The summed E-state index contributed by atoms with van der Waals surface area (Å²) in [4.78, 5) is 0.232. The predicted octanol–water partition coefficient (Wildman–Crippen LogP) is 3.25. The van der Waals surface area contributed by atoms with Crippen molar-refractivity contribution in [3.05, 3.63) is 41.5 Å². The molecule has 2 rings (SSSR count). The molecule has 0 saturated carbocycles. The van der Waals surface area contributed by atoms with E-state index in [0.29, 0.717) is 29.2 Å². The second kappa shape index (κ2) is 8.73. The van der Waals surface area contributed by atoms with Gasteiger partial charge in [-0.2, -0.15) is 4.31 Å². The third-order valence-corrected chi connectivity index (χ3v) is 6.48. The third-order valence-electron chi connectivity index (χ3n) is 4.59. The number of ether oxygens (including phenoxy) is 3. The van der Waals surface area contributed by atoms with Crippen LogP contribution in [0.2, 0.25) is 0 Å². The maximum absolute atomic E-state index is 13.2. The van der Waals surface area contributed by atoms with Gasteiger partial charge in [0.2, 0.25) is 10.0 Å². The molecule has 0 saturated heterocycles. The SMILES string of the molecule is COCCN(C)S(=O)(=O)c1cc(C)c(C)cc1-c1cccc(OC)c1OC. The molecule has 6 nitrogen and oxygen atoms in total. The van der Waals surface area contributed by atoms with Crippen molar-refractivity contribution in [3.63, 3.8) is 0 Å². The summed E-state index contributed by atoms with van der Waals surface area (Å²) in [6, 6.07) is 9.02. The van der Waals surface area contributed by atoms with Crippen molar-refractivity contribution in [2.75, 3.05) is 41.5 Å². The topological polar surface area (TPSA) is 65.1 Å². The van der Waals surface area contributed by atoms with Crippen LogP contribution in [-0.2, 0) is 14.8 Å². The number of hydrogen-bond donors (Lipinski definition) is 0. The third kappa shape index (κ3) is 4.26. The Morgan fingerprint density at radius 2 is 1.63 bits per heavy atom. The van der Waals surface area contributed by atoms with Crippen LogP contribution in [0.3, 0.4) is 0 Å². The first kappa shape index (κ1) is 21.2. The van der Waals surface area contributed by atoms with Gasteiger partial charge in [0.15, 0.2) is 11.5 Å². The first-order valence-electron chi connectivity index (χ1n) is 8.55. The van der Waals surface area contributed by atoms with Crippen molar-refractivity contribution in [2.24, 2.45) is 0 Å². The molecule has 0 bridgehead atoms. The van der Waals surface area contributed by atoms with Gasteiger partial charge in [-0.25, -0.2) is 8.42 Å². The molecule has 0 fully saturated rings. The van der Waals surface area contributed by atoms with E-state index in [1.165, 1.54) is 4.31 Å². The maximum Gasteiger partial charge on any atom is 0.243 e. The van der Waals surface area contributed by atoms with Crippen molar-refractivity contribution in [1.29, 1.82) is 0 Å². The predicted molar refractivity (Wildman–Crippen MR) is 106 cm³/mol. The van der Waals surface area contributed by atoms with Crippen LogP contribution in [0.15, 0.2) is 35.2 Å². The Balaban J connectivity index is 2.75. The normalized spacial score (nSPS) is 11.7. The Hall–Kier alpha value is -2.09. The van der Waals surface area contributed by atoms with Gasteiger partial charge < -0.3 is 14.2 Å². The minimum absolute atomic E-state index is 0.232. The van der Waals surface area contributed by atoms with Gasteiger partial charge in [-0.3, -0.25) is 0 Å². The Labute approximate surface area is 161 Å². The Morgan fingerprint density at radius 1 is 0.963 bits per heavy atom. The molecule has 0 aliphatic carbocycles. The number of benzene rings is 2. The molecule has 0 aliphatic heterocycles. The van der Waals surface area contributed by atoms with Crippen LogP contribution in [0.1, 0.15) is 11.1 Å². The number of para-hydroxylation sites is 1. The molecule has 0 unspecified atom stereocenters. The van der Waals surface area contributed by atoms with E-state index in [9.17, 15) is 8.42 Å². The van der Waals surface area contributed by atoms with E-state index in [0.717, 1.165) is 11.1 Å². The molecule has 0 radical (unpaired) electrons. The van der Waals surface area contributed by atoms with Crippen molar-refractivity contribution < 1.29 is 22.6 Å². The zero-order valence-corrected chi connectivity index (χ0v) is 17.5. The molecule has 0 heterocycles. The van der Waals surface area contributed by atoms with Gasteiger partial charge in [0.1, 0.15) is 0 Å². The highest BCUT2D eigenvalue weighted by Crippen LogP contribution is 2.41. The van der Waals surface area contributed by atoms with E-state index >= 15 is 0 Å². The monoisotopic (exact) mass is 393 g/mol. The summed E-state index contributed by atoms with van der Waals surface area (Å²) < 4.78 is 43.7. The molecule has 0 aromatic heterocycles. The minimum Gasteiger partial charge on any atom is -0.493 e. The van der Waals surface area contributed by atoms with E-state index in [1.54, 1.807) is 40.5 Å². The molecule has 0 N–H and O–H groups in total. The van der Waals surface area contributed by atoms with E-state index in [2.05, 4.69) is 0 Å². The Kier molecular flexibility index (Phi) is 6.86. The van der Waals surface area contributed by atoms with Crippen LogP contribution < -0.4 is 9.47 Å². The summed E-state index contributed by atoms with van der Waals surface area (Å²) >= 11 is 0. The quantitative estimate of drug-likeness (QED) is 0.689. The molecular formula is C20H27NO5S. The largest absolute Gasteiger partial charge is 0.493 e. The van der Waals surface area contributed by atoms with Crippen LogP contribution in [-0.4, -0.2) is 54.3 Å². The van der Waals surface area contributed by atoms with E-state index in [-0.39, 0.29) is 11.4 Å². The second-order valence-electron chi connectivity index (χ2n) is 6.29. The zero-order chi connectivity index (χ0) is 20.2. The first-order chi connectivity index (χ1) is 12.8. The lowest BCUT2D eigenvalue weighted by atomic mass is 9.99. The van der Waals surface area contributed by atoms with Crippen molar-refractivity contribution in [3.8, 4) is 22.6 Å². The Bertz CT molecular complexity index is 909. The first-order valence-corrected chi connectivity index (χ1v) is 9.99. The minimum atomic E-state index is -3.72. The van der Waals surface area contributed by atoms with Crippen LogP contribution in [0.25, 0.3) is 11.1 Å². The molecule has 0 amide bonds. The number of methoxy groups -OCH3 is 3. The van der Waals surface area contributed by atoms with E-state index in [4.69, 9.17) is 14.2 Å². The van der Waals surface area contributed by atoms with Gasteiger partial charge in [0.25, 0.3) is 0 Å². The fraction of sp³-hybridized carbons (Fsp3) is 0.400. The highest BCUT2D eigenvalue weighted by molar-refractivity contribution is 7.89. The molecular weight excluding hydrogens is 366 g/mol. The average Bonchev–Trinajstić information content (AvgIpc) is 2.66. The van der Waals surface area contributed by atoms with Crippen molar-refractivity contribution >= 4 is 10.0 Å². The van der Waals surface area contributed by atoms with Gasteiger partial charge >= 0.3 is 0 Å². The highest BCUT2D eigenvalue weighted by atomic mass is 32.2. The number of nitrogens with zero attached hydrogens (tertiary/aromatic N) is 1. The summed E-state index contributed by atoms with van der Waals surface area (Å²) in [5, 5.41) is 0. The number of sulfonamides is 1. The van der Waals surface area contributed by atoms with Crippen LogP contribution in [0, 0.1) is 13.8 Å². The summed E-state index contributed by atoms with van der Waals surface area (Å²) in [5.74, 6) is 1.04. The molecule has 2 aromatic carbocycles. The van der Waals surface area contributed by atoms with Gasteiger partial charge in [-0.15, -0.1) is 0 Å². The lowest BCUT2D eigenvalue weighted by Crippen LogP contribution is -2.30. The molecule has 2 aromatic rings. The molecule has 27 heavy (non-hydrogen) atoms. The molecule has 148 valence electrons. The fourth-order valence-electron chi connectivity index (χ4n) is 2.82. The van der Waals surface area contributed by atoms with Gasteiger partial charge in [0.05, 0.1) is 25.7 Å². The molecule has 7 heteroatoms. The summed E-state index contributed by atoms with van der Waals surface area (Å²) in [6.45, 7) is 4.44. The number of likely N-dealkylation sites (N-methyl/N-ethyl adjacent to an activating group) is 1.